The molecule has 0 aromatic heterocycles. The van der Waals surface area contributed by atoms with Gasteiger partial charge in [0.05, 0.1) is 6.61 Å². The molecule has 0 fully saturated rings. The van der Waals surface area contributed by atoms with Crippen molar-refractivity contribution in [1.29, 1.82) is 0 Å². The van der Waals surface area contributed by atoms with Crippen molar-refractivity contribution in [2.24, 2.45) is 0 Å². The van der Waals surface area contributed by atoms with Crippen LogP contribution >= 0.6 is 0 Å². The Morgan fingerprint density at radius 2 is 2.00 bits per heavy atom. The molecule has 74 valence electrons. The summed E-state index contributed by atoms with van der Waals surface area (Å²) in [6.07, 6.45) is 4.36. The Kier molecular flexibility index (Phi) is 2.55. The lowest BCUT2D eigenvalue weighted by Gasteiger charge is -2.20. The van der Waals surface area contributed by atoms with E-state index >= 15 is 0 Å². The summed E-state index contributed by atoms with van der Waals surface area (Å²) in [4.78, 5) is 2.32. The first-order valence-corrected chi connectivity index (χ1v) is 4.91. The second kappa shape index (κ2) is 3.84. The highest BCUT2D eigenvalue weighted by Crippen LogP contribution is 2.22. The van der Waals surface area contributed by atoms with Crippen molar-refractivity contribution in [2.75, 3.05) is 18.0 Å². The van der Waals surface area contributed by atoms with Crippen molar-refractivity contribution in [2.45, 2.75) is 13.5 Å². The molecule has 1 N–H and O–H groups in total. The molecule has 2 rings (SSSR count). The van der Waals surface area contributed by atoms with Crippen molar-refractivity contribution in [1.82, 2.24) is 0 Å². The molecule has 14 heavy (non-hydrogen) atoms. The fraction of sp³-hybridized carbons (Fsp3) is 0.333. The Hall–Kier alpha value is -1.28. The van der Waals surface area contributed by atoms with Crippen LogP contribution in [0.1, 0.15) is 11.1 Å². The van der Waals surface area contributed by atoms with E-state index in [4.69, 9.17) is 5.11 Å². The molecule has 0 saturated carbocycles. The molecule has 0 radical (unpaired) electrons. The van der Waals surface area contributed by atoms with Gasteiger partial charge < -0.3 is 10.0 Å². The summed E-state index contributed by atoms with van der Waals surface area (Å²) in [7, 11) is 0. The minimum atomic E-state index is 0.124. The first-order chi connectivity index (χ1) is 6.81. The fourth-order valence-electron chi connectivity index (χ4n) is 1.85. The Morgan fingerprint density at radius 3 is 2.57 bits per heavy atom. The molecule has 2 heteroatoms. The third kappa shape index (κ3) is 1.66. The first kappa shape index (κ1) is 9.28. The molecule has 1 aromatic rings. The van der Waals surface area contributed by atoms with Crippen LogP contribution in [0, 0.1) is 6.92 Å². The van der Waals surface area contributed by atoms with Gasteiger partial charge in [0.2, 0.25) is 0 Å². The van der Waals surface area contributed by atoms with Crippen LogP contribution in [0.5, 0.6) is 0 Å². The SMILES string of the molecule is Cc1cc(CO)ccc1N1CC=CC1. The maximum Gasteiger partial charge on any atom is 0.0681 e. The summed E-state index contributed by atoms with van der Waals surface area (Å²) in [5, 5.41) is 8.99. The van der Waals surface area contributed by atoms with Gasteiger partial charge in [0.25, 0.3) is 0 Å². The van der Waals surface area contributed by atoms with Gasteiger partial charge in [-0.3, -0.25) is 0 Å². The minimum Gasteiger partial charge on any atom is -0.392 e. The number of aryl methyl sites for hydroxylation is 1. The fourth-order valence-corrected chi connectivity index (χ4v) is 1.85. The van der Waals surface area contributed by atoms with Crippen LogP contribution in [0.15, 0.2) is 30.4 Å². The number of aliphatic hydroxyl groups excluding tert-OH is 1. The van der Waals surface area contributed by atoms with Gasteiger partial charge in [0, 0.05) is 18.8 Å². The largest absolute Gasteiger partial charge is 0.392 e. The van der Waals surface area contributed by atoms with Crippen LogP contribution in [0.2, 0.25) is 0 Å². The van der Waals surface area contributed by atoms with Gasteiger partial charge in [-0.15, -0.1) is 0 Å². The first-order valence-electron chi connectivity index (χ1n) is 4.91. The molecule has 1 aliphatic heterocycles. The third-order valence-corrected chi connectivity index (χ3v) is 2.60. The van der Waals surface area contributed by atoms with Crippen LogP contribution in [-0.2, 0) is 6.61 Å². The Labute approximate surface area is 84.5 Å². The maximum absolute atomic E-state index is 8.99. The number of rotatable bonds is 2. The summed E-state index contributed by atoms with van der Waals surface area (Å²) < 4.78 is 0. The van der Waals surface area contributed by atoms with Gasteiger partial charge in [-0.2, -0.15) is 0 Å². The van der Waals surface area contributed by atoms with E-state index in [0.717, 1.165) is 18.7 Å². The van der Waals surface area contributed by atoms with Crippen LogP contribution in [-0.4, -0.2) is 18.2 Å². The molecule has 1 aliphatic rings. The third-order valence-electron chi connectivity index (χ3n) is 2.60. The van der Waals surface area contributed by atoms with Crippen molar-refractivity contribution in [3.05, 3.63) is 41.5 Å². The molecule has 2 nitrogen and oxygen atoms in total. The van der Waals surface area contributed by atoms with Crippen molar-refractivity contribution in [3.8, 4) is 0 Å². The van der Waals surface area contributed by atoms with E-state index in [0.29, 0.717) is 0 Å². The molecular formula is C12H15NO. The Bertz CT molecular complexity index is 349. The van der Waals surface area contributed by atoms with Crippen molar-refractivity contribution >= 4 is 5.69 Å². The number of anilines is 1. The number of hydrogen-bond donors (Lipinski definition) is 1. The van der Waals surface area contributed by atoms with Crippen molar-refractivity contribution < 1.29 is 5.11 Å². The quantitative estimate of drug-likeness (QED) is 0.718. The molecular weight excluding hydrogens is 174 g/mol. The van der Waals surface area contributed by atoms with E-state index in [2.05, 4.69) is 30.0 Å². The zero-order chi connectivity index (χ0) is 9.97. The van der Waals surface area contributed by atoms with Crippen molar-refractivity contribution in [3.63, 3.8) is 0 Å². The van der Waals surface area contributed by atoms with Crippen LogP contribution in [0.25, 0.3) is 0 Å². The lowest BCUT2D eigenvalue weighted by molar-refractivity contribution is 0.282. The predicted octanol–water partition coefficient (Wildman–Crippen LogP) is 1.86. The topological polar surface area (TPSA) is 23.5 Å². The molecule has 0 atom stereocenters. The minimum absolute atomic E-state index is 0.124. The molecule has 0 saturated heterocycles. The molecule has 0 bridgehead atoms. The lowest BCUT2D eigenvalue weighted by Crippen LogP contribution is -2.19. The summed E-state index contributed by atoms with van der Waals surface area (Å²) in [5.41, 5.74) is 3.49. The van der Waals surface area contributed by atoms with Crippen LogP contribution in [0.4, 0.5) is 5.69 Å². The molecule has 1 aromatic carbocycles. The highest BCUT2D eigenvalue weighted by Gasteiger charge is 2.09. The van der Waals surface area contributed by atoms with E-state index < -0.39 is 0 Å². The maximum atomic E-state index is 8.99. The smallest absolute Gasteiger partial charge is 0.0681 e. The average Bonchev–Trinajstić information content (AvgIpc) is 2.70. The van der Waals surface area contributed by atoms with E-state index in [-0.39, 0.29) is 6.61 Å². The summed E-state index contributed by atoms with van der Waals surface area (Å²) >= 11 is 0. The van der Waals surface area contributed by atoms with Gasteiger partial charge in [0.15, 0.2) is 0 Å². The van der Waals surface area contributed by atoms with Crippen LogP contribution < -0.4 is 4.90 Å². The van der Waals surface area contributed by atoms with E-state index in [9.17, 15) is 0 Å². The van der Waals surface area contributed by atoms with E-state index in [1.165, 1.54) is 11.3 Å². The number of hydrogen-bond acceptors (Lipinski definition) is 2. The van der Waals surface area contributed by atoms with E-state index in [1.807, 2.05) is 12.1 Å². The number of nitrogens with zero attached hydrogens (tertiary/aromatic N) is 1. The standard InChI is InChI=1S/C12H15NO/c1-10-8-11(9-14)4-5-12(10)13-6-2-3-7-13/h2-5,8,14H,6-7,9H2,1H3. The van der Waals surface area contributed by atoms with Gasteiger partial charge >= 0.3 is 0 Å². The molecule has 0 aliphatic carbocycles. The zero-order valence-electron chi connectivity index (χ0n) is 8.40. The van der Waals surface area contributed by atoms with Gasteiger partial charge in [-0.1, -0.05) is 24.3 Å². The molecule has 0 unspecified atom stereocenters. The number of benzene rings is 1. The summed E-state index contributed by atoms with van der Waals surface area (Å²) in [5.74, 6) is 0. The predicted molar refractivity (Wildman–Crippen MR) is 58.5 cm³/mol. The van der Waals surface area contributed by atoms with Gasteiger partial charge in [0.1, 0.15) is 0 Å². The lowest BCUT2D eigenvalue weighted by atomic mass is 10.1. The second-order valence-electron chi connectivity index (χ2n) is 3.66. The summed E-state index contributed by atoms with van der Waals surface area (Å²) in [6, 6.07) is 6.13. The normalized spacial score (nSPS) is 15.1. The van der Waals surface area contributed by atoms with Gasteiger partial charge in [-0.05, 0) is 24.1 Å². The Balaban J connectivity index is 2.26. The second-order valence-corrected chi connectivity index (χ2v) is 3.66. The monoisotopic (exact) mass is 189 g/mol. The highest BCUT2D eigenvalue weighted by molar-refractivity contribution is 5.56. The zero-order valence-corrected chi connectivity index (χ0v) is 8.40. The van der Waals surface area contributed by atoms with Crippen LogP contribution in [0.3, 0.4) is 0 Å². The highest BCUT2D eigenvalue weighted by atomic mass is 16.3. The van der Waals surface area contributed by atoms with E-state index in [1.54, 1.807) is 0 Å². The molecule has 1 heterocycles. The van der Waals surface area contributed by atoms with Gasteiger partial charge in [-0.25, -0.2) is 0 Å². The molecule has 0 amide bonds. The summed E-state index contributed by atoms with van der Waals surface area (Å²) in [6.45, 7) is 4.21. The average molecular weight is 189 g/mol. The molecule has 0 spiro atoms. The number of aliphatic hydroxyl groups is 1. The Morgan fingerprint density at radius 1 is 1.29 bits per heavy atom.